The Bertz CT molecular complexity index is 980. The molecule has 0 bridgehead atoms. The monoisotopic (exact) mass is 498 g/mol. The highest BCUT2D eigenvalue weighted by atomic mass is 35.5. The maximum atomic E-state index is 13.6. The summed E-state index contributed by atoms with van der Waals surface area (Å²) in [6.45, 7) is 3.70. The lowest BCUT2D eigenvalue weighted by atomic mass is 9.87. The van der Waals surface area contributed by atoms with Gasteiger partial charge < -0.3 is 0 Å². The molecule has 1 fully saturated rings. The molecule has 1 saturated heterocycles. The third-order valence-corrected chi connectivity index (χ3v) is 6.41. The van der Waals surface area contributed by atoms with Crippen molar-refractivity contribution in [2.75, 3.05) is 18.1 Å². The first-order valence-corrected chi connectivity index (χ1v) is 11.4. The summed E-state index contributed by atoms with van der Waals surface area (Å²) in [7, 11) is 0. The fraction of sp³-hybridized carbons (Fsp3) is 0.391. The largest absolute Gasteiger partial charge is 0.284 e. The van der Waals surface area contributed by atoms with Crippen LogP contribution >= 0.6 is 35.6 Å². The van der Waals surface area contributed by atoms with E-state index >= 15 is 0 Å². The Morgan fingerprint density at radius 2 is 1.81 bits per heavy atom. The summed E-state index contributed by atoms with van der Waals surface area (Å²) in [6.07, 6.45) is 4.00. The Hall–Kier alpha value is -1.86. The van der Waals surface area contributed by atoms with Crippen LogP contribution in [0.15, 0.2) is 47.6 Å². The molecule has 2 aliphatic rings. The number of halogens is 4. The highest BCUT2D eigenvalue weighted by molar-refractivity contribution is 6.41. The van der Waals surface area contributed by atoms with Crippen LogP contribution in [0.4, 0.5) is 10.1 Å². The highest BCUT2D eigenvalue weighted by Crippen LogP contribution is 2.43. The zero-order chi connectivity index (χ0) is 22.0. The van der Waals surface area contributed by atoms with Crippen LogP contribution in [0.5, 0.6) is 0 Å². The number of nitrogens with one attached hydrogen (secondary N) is 1. The summed E-state index contributed by atoms with van der Waals surface area (Å²) in [5.74, 6) is -0.690. The van der Waals surface area contributed by atoms with E-state index in [9.17, 15) is 9.18 Å². The first-order chi connectivity index (χ1) is 15.0. The second-order valence-corrected chi connectivity index (χ2v) is 8.77. The average molecular weight is 500 g/mol. The maximum absolute atomic E-state index is 13.6. The number of amides is 1. The molecule has 0 aromatic heterocycles. The molecule has 1 N–H and O–H groups in total. The predicted molar refractivity (Wildman–Crippen MR) is 130 cm³/mol. The number of rotatable bonds is 5. The molecule has 0 radical (unpaired) electrons. The first-order valence-electron chi connectivity index (χ1n) is 10.6. The van der Waals surface area contributed by atoms with E-state index in [1.165, 1.54) is 18.6 Å². The Morgan fingerprint density at radius 1 is 1.12 bits per heavy atom. The lowest BCUT2D eigenvalue weighted by molar-refractivity contribution is -0.120. The molecule has 2 unspecified atom stereocenters. The van der Waals surface area contributed by atoms with Crippen LogP contribution in [0.2, 0.25) is 10.0 Å². The zero-order valence-electron chi connectivity index (χ0n) is 17.7. The van der Waals surface area contributed by atoms with Gasteiger partial charge in [0.25, 0.3) is 5.91 Å². The van der Waals surface area contributed by atoms with Gasteiger partial charge in [-0.05, 0) is 55.2 Å². The van der Waals surface area contributed by atoms with Gasteiger partial charge in [0.15, 0.2) is 0 Å². The number of benzene rings is 2. The summed E-state index contributed by atoms with van der Waals surface area (Å²) in [5.41, 5.74) is 4.99. The molecular weight excluding hydrogens is 474 g/mol. The number of piperidine rings is 1. The van der Waals surface area contributed by atoms with Crippen molar-refractivity contribution in [2.45, 2.75) is 38.6 Å². The normalized spacial score (nSPS) is 21.1. The van der Waals surface area contributed by atoms with Gasteiger partial charge in [-0.2, -0.15) is 5.10 Å². The molecule has 2 aliphatic heterocycles. The molecule has 2 heterocycles. The van der Waals surface area contributed by atoms with Gasteiger partial charge in [0, 0.05) is 24.0 Å². The summed E-state index contributed by atoms with van der Waals surface area (Å²) < 4.78 is 13.6. The number of carbonyl (C=O) groups excluding carboxylic acids is 1. The van der Waals surface area contributed by atoms with Crippen molar-refractivity contribution in [3.63, 3.8) is 0 Å². The molecule has 2 aromatic carbocycles. The highest BCUT2D eigenvalue weighted by Gasteiger charge is 2.42. The molecule has 0 spiro atoms. The first kappa shape index (κ1) is 24.8. The number of anilines is 1. The molecule has 9 heteroatoms. The fourth-order valence-electron chi connectivity index (χ4n) is 4.31. The van der Waals surface area contributed by atoms with Crippen LogP contribution in [0.3, 0.4) is 0 Å². The van der Waals surface area contributed by atoms with Crippen LogP contribution in [0.25, 0.3) is 0 Å². The van der Waals surface area contributed by atoms with Crippen molar-refractivity contribution in [3.05, 3.63) is 63.9 Å². The van der Waals surface area contributed by atoms with Gasteiger partial charge in [-0.15, -0.1) is 12.4 Å². The lowest BCUT2D eigenvalue weighted by Crippen LogP contribution is -2.48. The Balaban J connectivity index is 0.00000289. The van der Waals surface area contributed by atoms with E-state index in [0.717, 1.165) is 31.5 Å². The van der Waals surface area contributed by atoms with Crippen molar-refractivity contribution in [2.24, 2.45) is 11.0 Å². The molecule has 32 heavy (non-hydrogen) atoms. The van der Waals surface area contributed by atoms with E-state index in [1.807, 2.05) is 11.9 Å². The minimum atomic E-state index is -0.310. The summed E-state index contributed by atoms with van der Waals surface area (Å²) in [4.78, 5) is 13.2. The van der Waals surface area contributed by atoms with Crippen molar-refractivity contribution in [3.8, 4) is 0 Å². The number of hydrazone groups is 1. The number of nitrogens with zero attached hydrogens (tertiary/aromatic N) is 3. The molecular formula is C23H26Cl3FN4O. The van der Waals surface area contributed by atoms with Crippen LogP contribution < -0.4 is 10.4 Å². The third-order valence-electron chi connectivity index (χ3n) is 5.87. The standard InChI is InChI=1S/C23H25Cl2FN4O.ClH/c1-2-18-21(23(31)28-29-12-4-3-5-13-29)27-30(20-11-8-16(24)14-19(20)25)22(18)15-6-9-17(26)10-7-15;/h6-11,14,18,22H,2-5,12-13H2,1H3,(H,28,31);1H. The summed E-state index contributed by atoms with van der Waals surface area (Å²) in [5, 5.41) is 9.43. The Kier molecular flexibility index (Phi) is 8.39. The van der Waals surface area contributed by atoms with Crippen molar-refractivity contribution < 1.29 is 9.18 Å². The van der Waals surface area contributed by atoms with E-state index < -0.39 is 0 Å². The van der Waals surface area contributed by atoms with Crippen LogP contribution in [0, 0.1) is 11.7 Å². The smallest absolute Gasteiger partial charge is 0.282 e. The van der Waals surface area contributed by atoms with E-state index in [4.69, 9.17) is 28.3 Å². The Labute approximate surface area is 203 Å². The number of hydrazine groups is 1. The molecule has 1 amide bonds. The quantitative estimate of drug-likeness (QED) is 0.548. The van der Waals surface area contributed by atoms with Gasteiger partial charge in [-0.1, -0.05) is 48.7 Å². The van der Waals surface area contributed by atoms with Crippen molar-refractivity contribution >= 4 is 52.9 Å². The predicted octanol–water partition coefficient (Wildman–Crippen LogP) is 6.01. The minimum absolute atomic E-state index is 0. The zero-order valence-corrected chi connectivity index (χ0v) is 20.1. The van der Waals surface area contributed by atoms with Crippen molar-refractivity contribution in [1.29, 1.82) is 0 Å². The molecule has 4 rings (SSSR count). The van der Waals surface area contributed by atoms with Gasteiger partial charge in [0.2, 0.25) is 0 Å². The maximum Gasteiger partial charge on any atom is 0.282 e. The molecule has 2 atom stereocenters. The van der Waals surface area contributed by atoms with E-state index in [1.54, 1.807) is 35.3 Å². The number of hydrogen-bond donors (Lipinski definition) is 1. The van der Waals surface area contributed by atoms with Gasteiger partial charge in [-0.25, -0.2) is 9.40 Å². The Morgan fingerprint density at radius 3 is 2.44 bits per heavy atom. The summed E-state index contributed by atoms with van der Waals surface area (Å²) >= 11 is 12.6. The summed E-state index contributed by atoms with van der Waals surface area (Å²) in [6, 6.07) is 11.2. The van der Waals surface area contributed by atoms with Gasteiger partial charge in [-0.3, -0.25) is 15.2 Å². The van der Waals surface area contributed by atoms with Gasteiger partial charge in [0.05, 0.1) is 16.8 Å². The molecule has 0 aliphatic carbocycles. The topological polar surface area (TPSA) is 47.9 Å². The van der Waals surface area contributed by atoms with E-state index in [-0.39, 0.29) is 36.1 Å². The average Bonchev–Trinajstić information content (AvgIpc) is 3.14. The van der Waals surface area contributed by atoms with Crippen LogP contribution in [-0.2, 0) is 4.79 Å². The second-order valence-electron chi connectivity index (χ2n) is 7.93. The van der Waals surface area contributed by atoms with Gasteiger partial charge in [0.1, 0.15) is 11.5 Å². The third kappa shape index (κ3) is 5.20. The molecule has 2 aromatic rings. The molecule has 172 valence electrons. The second kappa shape index (κ2) is 10.8. The molecule has 0 saturated carbocycles. The molecule has 5 nitrogen and oxygen atoms in total. The number of hydrogen-bond acceptors (Lipinski definition) is 4. The van der Waals surface area contributed by atoms with Crippen LogP contribution in [-0.4, -0.2) is 29.7 Å². The van der Waals surface area contributed by atoms with Gasteiger partial charge >= 0.3 is 0 Å². The van der Waals surface area contributed by atoms with Crippen LogP contribution in [0.1, 0.15) is 44.2 Å². The number of carbonyl (C=O) groups is 1. The minimum Gasteiger partial charge on any atom is -0.284 e. The SMILES string of the molecule is CCC1C(C(=O)NN2CCCCC2)=NN(c2ccc(Cl)cc2Cl)C1c1ccc(F)cc1.Cl. The van der Waals surface area contributed by atoms with E-state index in [0.29, 0.717) is 27.9 Å². The fourth-order valence-corrected chi connectivity index (χ4v) is 4.81. The van der Waals surface area contributed by atoms with E-state index in [2.05, 4.69) is 5.43 Å². The lowest BCUT2D eigenvalue weighted by Gasteiger charge is -2.29. The van der Waals surface area contributed by atoms with Crippen molar-refractivity contribution in [1.82, 2.24) is 10.4 Å².